The van der Waals surface area contributed by atoms with Crippen LogP contribution in [-0.2, 0) is 6.42 Å². The Morgan fingerprint density at radius 3 is 2.35 bits per heavy atom. The maximum absolute atomic E-state index is 5.96. The summed E-state index contributed by atoms with van der Waals surface area (Å²) in [6.07, 6.45) is 7.60. The van der Waals surface area contributed by atoms with Gasteiger partial charge in [-0.05, 0) is 59.7 Å². The Kier molecular flexibility index (Phi) is 4.24. The van der Waals surface area contributed by atoms with Gasteiger partial charge in [-0.3, -0.25) is 0 Å². The monoisotopic (exact) mass is 305 g/mol. The summed E-state index contributed by atoms with van der Waals surface area (Å²) in [4.78, 5) is 0. The van der Waals surface area contributed by atoms with E-state index in [2.05, 4.69) is 62.4 Å². The van der Waals surface area contributed by atoms with Crippen LogP contribution in [0.15, 0.2) is 78.6 Å². The molecule has 2 aromatic rings. The van der Waals surface area contributed by atoms with Gasteiger partial charge in [0.25, 0.3) is 0 Å². The summed E-state index contributed by atoms with van der Waals surface area (Å²) in [6.45, 7) is 4.52. The number of benzene rings is 2. The first-order chi connectivity index (χ1) is 11.0. The molecule has 3 rings (SSSR count). The van der Waals surface area contributed by atoms with Crippen LogP contribution >= 0.6 is 0 Å². The van der Waals surface area contributed by atoms with Gasteiger partial charge in [0.2, 0.25) is 0 Å². The lowest BCUT2D eigenvalue weighted by molar-refractivity contribution is 0.313. The third-order valence-electron chi connectivity index (χ3n) is 4.38. The molecular formula is C21H23NO. The molecule has 23 heavy (non-hydrogen) atoms. The predicted molar refractivity (Wildman–Crippen MR) is 96.1 cm³/mol. The smallest absolute Gasteiger partial charge is 0.127 e. The summed E-state index contributed by atoms with van der Waals surface area (Å²) in [5.74, 6) is 2.17. The van der Waals surface area contributed by atoms with Crippen molar-refractivity contribution < 1.29 is 4.74 Å². The Balaban J connectivity index is 1.72. The lowest BCUT2D eigenvalue weighted by Gasteiger charge is -2.33. The predicted octanol–water partition coefficient (Wildman–Crippen LogP) is 4.99. The fourth-order valence-electron chi connectivity index (χ4n) is 2.92. The molecule has 0 aromatic heterocycles. The molecule has 118 valence electrons. The fourth-order valence-corrected chi connectivity index (χ4v) is 2.92. The van der Waals surface area contributed by atoms with E-state index < -0.39 is 0 Å². The zero-order valence-corrected chi connectivity index (χ0v) is 13.7. The van der Waals surface area contributed by atoms with Crippen LogP contribution in [0.1, 0.15) is 19.4 Å². The van der Waals surface area contributed by atoms with Crippen molar-refractivity contribution in [3.63, 3.8) is 0 Å². The SMILES string of the molecule is CC1(C)C=C(Oc2ccc(N)cc2)C=CC1Cc1ccccc1. The van der Waals surface area contributed by atoms with Crippen molar-refractivity contribution in [3.05, 3.63) is 84.1 Å². The normalized spacial score (nSPS) is 19.2. The van der Waals surface area contributed by atoms with Crippen LogP contribution < -0.4 is 10.5 Å². The molecule has 0 fully saturated rings. The van der Waals surface area contributed by atoms with Crippen LogP contribution in [0.5, 0.6) is 5.75 Å². The van der Waals surface area contributed by atoms with Crippen molar-refractivity contribution in [2.24, 2.45) is 11.3 Å². The molecular weight excluding hydrogens is 282 g/mol. The second-order valence-electron chi connectivity index (χ2n) is 6.69. The highest BCUT2D eigenvalue weighted by Crippen LogP contribution is 2.37. The molecule has 0 radical (unpaired) electrons. The molecule has 2 heteroatoms. The lowest BCUT2D eigenvalue weighted by Crippen LogP contribution is -2.25. The van der Waals surface area contributed by atoms with E-state index in [9.17, 15) is 0 Å². The molecule has 0 spiro atoms. The van der Waals surface area contributed by atoms with Crippen molar-refractivity contribution in [2.75, 3.05) is 5.73 Å². The quantitative estimate of drug-likeness (QED) is 0.808. The van der Waals surface area contributed by atoms with E-state index in [1.807, 2.05) is 24.3 Å². The summed E-state index contributed by atoms with van der Waals surface area (Å²) >= 11 is 0. The third kappa shape index (κ3) is 3.84. The summed E-state index contributed by atoms with van der Waals surface area (Å²) in [5.41, 5.74) is 7.87. The van der Waals surface area contributed by atoms with Crippen LogP contribution in [0.2, 0.25) is 0 Å². The Hall–Kier alpha value is -2.48. The molecule has 0 saturated heterocycles. The molecule has 0 heterocycles. The van der Waals surface area contributed by atoms with Gasteiger partial charge in [0.15, 0.2) is 0 Å². The average Bonchev–Trinajstić information content (AvgIpc) is 2.53. The van der Waals surface area contributed by atoms with Crippen LogP contribution in [-0.4, -0.2) is 0 Å². The van der Waals surface area contributed by atoms with Crippen LogP contribution in [0.3, 0.4) is 0 Å². The van der Waals surface area contributed by atoms with Crippen molar-refractivity contribution in [3.8, 4) is 5.75 Å². The average molecular weight is 305 g/mol. The van der Waals surface area contributed by atoms with Gasteiger partial charge in [0.05, 0.1) is 0 Å². The minimum absolute atomic E-state index is 0.0493. The minimum atomic E-state index is 0.0493. The van der Waals surface area contributed by atoms with E-state index in [0.29, 0.717) is 5.92 Å². The summed E-state index contributed by atoms with van der Waals surface area (Å²) < 4.78 is 5.96. The first-order valence-corrected chi connectivity index (χ1v) is 8.01. The van der Waals surface area contributed by atoms with Gasteiger partial charge in [-0.1, -0.05) is 50.3 Å². The molecule has 1 aliphatic carbocycles. The highest BCUT2D eigenvalue weighted by Gasteiger charge is 2.29. The minimum Gasteiger partial charge on any atom is -0.458 e. The fraction of sp³-hybridized carbons (Fsp3) is 0.238. The topological polar surface area (TPSA) is 35.2 Å². The van der Waals surface area contributed by atoms with E-state index >= 15 is 0 Å². The summed E-state index contributed by atoms with van der Waals surface area (Å²) in [5, 5.41) is 0. The van der Waals surface area contributed by atoms with Gasteiger partial charge < -0.3 is 10.5 Å². The molecule has 2 aromatic carbocycles. The van der Waals surface area contributed by atoms with E-state index in [0.717, 1.165) is 23.6 Å². The third-order valence-corrected chi connectivity index (χ3v) is 4.38. The molecule has 0 amide bonds. The lowest BCUT2D eigenvalue weighted by atomic mass is 9.73. The first kappa shape index (κ1) is 15.4. The van der Waals surface area contributed by atoms with E-state index in [1.165, 1.54) is 5.56 Å². The molecule has 2 N–H and O–H groups in total. The highest BCUT2D eigenvalue weighted by molar-refractivity contribution is 5.42. The zero-order chi connectivity index (χ0) is 16.3. The number of ether oxygens (including phenoxy) is 1. The Morgan fingerprint density at radius 2 is 1.70 bits per heavy atom. The van der Waals surface area contributed by atoms with Crippen molar-refractivity contribution in [1.82, 2.24) is 0 Å². The van der Waals surface area contributed by atoms with Crippen molar-refractivity contribution in [1.29, 1.82) is 0 Å². The second kappa shape index (κ2) is 6.33. The largest absolute Gasteiger partial charge is 0.458 e. The van der Waals surface area contributed by atoms with Crippen LogP contribution in [0, 0.1) is 11.3 Å². The van der Waals surface area contributed by atoms with Gasteiger partial charge in [0.1, 0.15) is 11.5 Å². The Bertz CT molecular complexity index is 711. The molecule has 0 bridgehead atoms. The molecule has 1 atom stereocenters. The highest BCUT2D eigenvalue weighted by atomic mass is 16.5. The van der Waals surface area contributed by atoms with Gasteiger partial charge in [-0.25, -0.2) is 0 Å². The van der Waals surface area contributed by atoms with E-state index in [4.69, 9.17) is 10.5 Å². The van der Waals surface area contributed by atoms with Crippen molar-refractivity contribution >= 4 is 5.69 Å². The van der Waals surface area contributed by atoms with Crippen LogP contribution in [0.25, 0.3) is 0 Å². The number of hydrogen-bond acceptors (Lipinski definition) is 2. The molecule has 0 aliphatic heterocycles. The molecule has 0 saturated carbocycles. The van der Waals surface area contributed by atoms with Gasteiger partial charge >= 0.3 is 0 Å². The molecule has 2 nitrogen and oxygen atoms in total. The van der Waals surface area contributed by atoms with Gasteiger partial charge in [0, 0.05) is 5.69 Å². The number of nitrogens with two attached hydrogens (primary N) is 1. The van der Waals surface area contributed by atoms with Crippen LogP contribution in [0.4, 0.5) is 5.69 Å². The van der Waals surface area contributed by atoms with E-state index in [1.54, 1.807) is 0 Å². The number of anilines is 1. The number of hydrogen-bond donors (Lipinski definition) is 1. The summed E-state index contributed by atoms with van der Waals surface area (Å²) in [7, 11) is 0. The van der Waals surface area contributed by atoms with Crippen molar-refractivity contribution in [2.45, 2.75) is 20.3 Å². The Morgan fingerprint density at radius 1 is 1.00 bits per heavy atom. The first-order valence-electron chi connectivity index (χ1n) is 8.01. The standard InChI is InChI=1S/C21H23NO/c1-21(2)15-20(23-19-12-9-18(22)10-13-19)11-8-17(21)14-16-6-4-3-5-7-16/h3-13,15,17H,14,22H2,1-2H3. The molecule has 1 unspecified atom stereocenters. The summed E-state index contributed by atoms with van der Waals surface area (Å²) in [6, 6.07) is 18.1. The number of nitrogen functional groups attached to an aromatic ring is 1. The maximum atomic E-state index is 5.96. The Labute approximate surface area is 138 Å². The number of allylic oxidation sites excluding steroid dienone is 3. The second-order valence-corrected chi connectivity index (χ2v) is 6.69. The van der Waals surface area contributed by atoms with Gasteiger partial charge in [-0.15, -0.1) is 0 Å². The van der Waals surface area contributed by atoms with Gasteiger partial charge in [-0.2, -0.15) is 0 Å². The zero-order valence-electron chi connectivity index (χ0n) is 13.7. The maximum Gasteiger partial charge on any atom is 0.127 e. The molecule has 1 aliphatic rings. The van der Waals surface area contributed by atoms with E-state index in [-0.39, 0.29) is 5.41 Å². The number of rotatable bonds is 4.